The molecule has 1 amide bonds. The van der Waals surface area contributed by atoms with Crippen molar-refractivity contribution in [2.45, 2.75) is 20.3 Å². The molecule has 0 atom stereocenters. The van der Waals surface area contributed by atoms with Crippen LogP contribution < -0.4 is 5.32 Å². The van der Waals surface area contributed by atoms with Gasteiger partial charge in [-0.05, 0) is 36.6 Å². The second-order valence-electron chi connectivity index (χ2n) is 4.32. The number of hydrogen-bond donors (Lipinski definition) is 1. The molecule has 18 heavy (non-hydrogen) atoms. The number of amides is 1. The molecule has 0 aliphatic heterocycles. The Hall–Kier alpha value is -2.16. The van der Waals surface area contributed by atoms with Crippen LogP contribution in [-0.2, 0) is 11.2 Å². The summed E-state index contributed by atoms with van der Waals surface area (Å²) in [6.07, 6.45) is 2.05. The van der Waals surface area contributed by atoms with E-state index in [0.717, 1.165) is 16.7 Å². The van der Waals surface area contributed by atoms with Crippen molar-refractivity contribution in [3.8, 4) is 0 Å². The molecule has 1 aromatic heterocycles. The molecule has 0 spiro atoms. The Morgan fingerprint density at radius 1 is 1.11 bits per heavy atom. The van der Waals surface area contributed by atoms with Crippen LogP contribution in [0.4, 0.5) is 5.82 Å². The molecule has 0 unspecified atom stereocenters. The molecule has 0 saturated carbocycles. The maximum atomic E-state index is 11.9. The van der Waals surface area contributed by atoms with Crippen LogP contribution in [0.25, 0.3) is 0 Å². The zero-order valence-corrected chi connectivity index (χ0v) is 10.6. The summed E-state index contributed by atoms with van der Waals surface area (Å²) in [4.78, 5) is 16.1. The molecule has 2 rings (SSSR count). The summed E-state index contributed by atoms with van der Waals surface area (Å²) in [7, 11) is 0. The first-order valence-corrected chi connectivity index (χ1v) is 5.93. The molecule has 0 bridgehead atoms. The smallest absolute Gasteiger partial charge is 0.229 e. The van der Waals surface area contributed by atoms with E-state index < -0.39 is 0 Å². The largest absolute Gasteiger partial charge is 0.310 e. The molecule has 0 saturated heterocycles. The Balaban J connectivity index is 2.06. The van der Waals surface area contributed by atoms with Crippen LogP contribution in [0.5, 0.6) is 0 Å². The monoisotopic (exact) mass is 240 g/mol. The highest BCUT2D eigenvalue weighted by molar-refractivity contribution is 5.92. The first kappa shape index (κ1) is 12.3. The second-order valence-corrected chi connectivity index (χ2v) is 4.32. The van der Waals surface area contributed by atoms with Gasteiger partial charge in [0.2, 0.25) is 5.91 Å². The van der Waals surface area contributed by atoms with Crippen molar-refractivity contribution in [3.63, 3.8) is 0 Å². The number of benzene rings is 1. The van der Waals surface area contributed by atoms with Crippen molar-refractivity contribution in [2.75, 3.05) is 5.32 Å². The number of aryl methyl sites for hydroxylation is 2. The molecule has 0 fully saturated rings. The van der Waals surface area contributed by atoms with Gasteiger partial charge in [0.05, 0.1) is 6.42 Å². The van der Waals surface area contributed by atoms with Gasteiger partial charge in [-0.1, -0.05) is 30.3 Å². The van der Waals surface area contributed by atoms with Gasteiger partial charge in [0.25, 0.3) is 0 Å². The minimum atomic E-state index is -0.0360. The number of hydrogen-bond acceptors (Lipinski definition) is 2. The minimum Gasteiger partial charge on any atom is -0.310 e. The number of anilines is 1. The maximum Gasteiger partial charge on any atom is 0.229 e. The lowest BCUT2D eigenvalue weighted by molar-refractivity contribution is -0.115. The summed E-state index contributed by atoms with van der Waals surface area (Å²) in [6.45, 7) is 3.94. The Bertz CT molecular complexity index is 514. The van der Waals surface area contributed by atoms with Gasteiger partial charge in [0.15, 0.2) is 0 Å². The van der Waals surface area contributed by atoms with E-state index in [1.165, 1.54) is 0 Å². The molecule has 3 nitrogen and oxygen atoms in total. The van der Waals surface area contributed by atoms with Crippen LogP contribution in [0.15, 0.2) is 42.6 Å². The Labute approximate surface area is 107 Å². The van der Waals surface area contributed by atoms with E-state index >= 15 is 0 Å². The Morgan fingerprint density at radius 3 is 2.56 bits per heavy atom. The minimum absolute atomic E-state index is 0.0360. The van der Waals surface area contributed by atoms with Gasteiger partial charge in [0.1, 0.15) is 5.82 Å². The lowest BCUT2D eigenvalue weighted by Crippen LogP contribution is -2.16. The lowest BCUT2D eigenvalue weighted by Gasteiger charge is -2.08. The lowest BCUT2D eigenvalue weighted by atomic mass is 10.1. The van der Waals surface area contributed by atoms with Crippen LogP contribution in [0.2, 0.25) is 0 Å². The molecule has 92 valence electrons. The molecule has 1 aromatic carbocycles. The zero-order valence-electron chi connectivity index (χ0n) is 10.6. The fraction of sp³-hybridized carbons (Fsp3) is 0.200. The van der Waals surface area contributed by atoms with E-state index in [2.05, 4.69) is 10.3 Å². The number of nitrogens with zero attached hydrogens (tertiary/aromatic N) is 1. The Morgan fingerprint density at radius 2 is 1.83 bits per heavy atom. The van der Waals surface area contributed by atoms with Crippen molar-refractivity contribution in [1.29, 1.82) is 0 Å². The van der Waals surface area contributed by atoms with Gasteiger partial charge in [0, 0.05) is 6.20 Å². The number of carbonyl (C=O) groups is 1. The Kier molecular flexibility index (Phi) is 3.72. The molecular weight excluding hydrogens is 224 g/mol. The molecular formula is C15H16N2O. The average molecular weight is 240 g/mol. The van der Waals surface area contributed by atoms with Crippen molar-refractivity contribution in [3.05, 3.63) is 59.3 Å². The van der Waals surface area contributed by atoms with E-state index in [1.54, 1.807) is 6.20 Å². The highest BCUT2D eigenvalue weighted by Gasteiger charge is 2.07. The third-order valence-electron chi connectivity index (χ3n) is 2.88. The van der Waals surface area contributed by atoms with Crippen molar-refractivity contribution in [1.82, 2.24) is 4.98 Å². The van der Waals surface area contributed by atoms with Crippen molar-refractivity contribution in [2.24, 2.45) is 0 Å². The van der Waals surface area contributed by atoms with E-state index in [9.17, 15) is 4.79 Å². The number of carbonyl (C=O) groups excluding carboxylic acids is 1. The van der Waals surface area contributed by atoms with Gasteiger partial charge in [-0.2, -0.15) is 0 Å². The predicted octanol–water partition coefficient (Wildman–Crippen LogP) is 2.88. The summed E-state index contributed by atoms with van der Waals surface area (Å²) < 4.78 is 0. The maximum absolute atomic E-state index is 11.9. The van der Waals surface area contributed by atoms with Crippen LogP contribution in [-0.4, -0.2) is 10.9 Å². The number of nitrogens with one attached hydrogen (secondary N) is 1. The van der Waals surface area contributed by atoms with Crippen molar-refractivity contribution >= 4 is 11.7 Å². The fourth-order valence-corrected chi connectivity index (χ4v) is 1.77. The number of aromatic nitrogens is 1. The van der Waals surface area contributed by atoms with Crippen LogP contribution in [0, 0.1) is 13.8 Å². The number of rotatable bonds is 3. The fourth-order valence-electron chi connectivity index (χ4n) is 1.77. The molecule has 0 aliphatic rings. The quantitative estimate of drug-likeness (QED) is 0.896. The van der Waals surface area contributed by atoms with E-state index in [-0.39, 0.29) is 5.91 Å². The molecule has 0 radical (unpaired) electrons. The highest BCUT2D eigenvalue weighted by atomic mass is 16.1. The zero-order chi connectivity index (χ0) is 13.0. The van der Waals surface area contributed by atoms with Gasteiger partial charge < -0.3 is 5.32 Å². The summed E-state index contributed by atoms with van der Waals surface area (Å²) in [5.74, 6) is 0.599. The van der Waals surface area contributed by atoms with Gasteiger partial charge in [-0.15, -0.1) is 0 Å². The molecule has 0 aliphatic carbocycles. The summed E-state index contributed by atoms with van der Waals surface area (Å²) in [5, 5.41) is 2.84. The SMILES string of the molecule is Cc1ccccc1CC(=O)Nc1ncccc1C. The number of pyridine rings is 1. The van der Waals surface area contributed by atoms with E-state index in [4.69, 9.17) is 0 Å². The standard InChI is InChI=1S/C15H16N2O/c1-11-6-3-4-8-13(11)10-14(18)17-15-12(2)7-5-9-16-15/h3-9H,10H2,1-2H3,(H,16,17,18). The van der Waals surface area contributed by atoms with E-state index in [0.29, 0.717) is 12.2 Å². The second kappa shape index (κ2) is 5.45. The normalized spacial score (nSPS) is 10.1. The van der Waals surface area contributed by atoms with Crippen LogP contribution >= 0.6 is 0 Å². The van der Waals surface area contributed by atoms with Crippen molar-refractivity contribution < 1.29 is 4.79 Å². The first-order chi connectivity index (χ1) is 8.66. The molecule has 1 N–H and O–H groups in total. The third kappa shape index (κ3) is 2.94. The summed E-state index contributed by atoms with van der Waals surface area (Å²) >= 11 is 0. The summed E-state index contributed by atoms with van der Waals surface area (Å²) in [6, 6.07) is 11.7. The predicted molar refractivity (Wildman–Crippen MR) is 72.5 cm³/mol. The third-order valence-corrected chi connectivity index (χ3v) is 2.88. The molecule has 1 heterocycles. The highest BCUT2D eigenvalue weighted by Crippen LogP contribution is 2.12. The average Bonchev–Trinajstić information content (AvgIpc) is 2.35. The molecule has 2 aromatic rings. The van der Waals surface area contributed by atoms with Gasteiger partial charge in [-0.25, -0.2) is 4.98 Å². The van der Waals surface area contributed by atoms with E-state index in [1.807, 2.05) is 50.2 Å². The summed E-state index contributed by atoms with van der Waals surface area (Å²) in [5.41, 5.74) is 3.14. The topological polar surface area (TPSA) is 42.0 Å². The van der Waals surface area contributed by atoms with Gasteiger partial charge in [-0.3, -0.25) is 4.79 Å². The van der Waals surface area contributed by atoms with Crippen LogP contribution in [0.3, 0.4) is 0 Å². The molecule has 3 heteroatoms. The first-order valence-electron chi connectivity index (χ1n) is 5.93. The van der Waals surface area contributed by atoms with Crippen LogP contribution in [0.1, 0.15) is 16.7 Å². The van der Waals surface area contributed by atoms with Gasteiger partial charge >= 0.3 is 0 Å².